The standard InChI is InChI=1S/C24H35N3O2/c28-22(18-20-9-11-21(12-10-20)27-17-7-8-23(27)29)25-19-24(13-3-1-4-14-24)26-15-5-2-6-16-26/h9-12H,1-8,13-19H2,(H,25,28)/p+1. The molecule has 2 heterocycles. The number of anilines is 1. The van der Waals surface area contributed by atoms with Crippen LogP contribution < -0.4 is 15.1 Å². The number of nitrogens with zero attached hydrogens (tertiary/aromatic N) is 1. The first-order chi connectivity index (χ1) is 14.2. The van der Waals surface area contributed by atoms with E-state index >= 15 is 0 Å². The summed E-state index contributed by atoms with van der Waals surface area (Å²) in [6.07, 6.45) is 12.5. The summed E-state index contributed by atoms with van der Waals surface area (Å²) >= 11 is 0. The number of hydrogen-bond acceptors (Lipinski definition) is 2. The van der Waals surface area contributed by atoms with E-state index < -0.39 is 0 Å². The third-order valence-electron chi connectivity index (χ3n) is 7.33. The fraction of sp³-hybridized carbons (Fsp3) is 0.667. The Morgan fingerprint density at radius 2 is 1.66 bits per heavy atom. The number of benzene rings is 1. The van der Waals surface area contributed by atoms with Crippen LogP contribution in [0.5, 0.6) is 0 Å². The Labute approximate surface area is 174 Å². The van der Waals surface area contributed by atoms with Crippen LogP contribution in [0.3, 0.4) is 0 Å². The Hall–Kier alpha value is -1.88. The Kier molecular flexibility index (Phi) is 6.53. The fourth-order valence-corrected chi connectivity index (χ4v) is 5.62. The Morgan fingerprint density at radius 3 is 2.31 bits per heavy atom. The van der Waals surface area contributed by atoms with Gasteiger partial charge in [0.25, 0.3) is 0 Å². The molecule has 0 atom stereocenters. The minimum atomic E-state index is 0.122. The van der Waals surface area contributed by atoms with Crippen molar-refractivity contribution in [3.63, 3.8) is 0 Å². The molecule has 1 aromatic carbocycles. The van der Waals surface area contributed by atoms with Crippen LogP contribution in [0.25, 0.3) is 0 Å². The van der Waals surface area contributed by atoms with Crippen LogP contribution in [0.4, 0.5) is 5.69 Å². The quantitative estimate of drug-likeness (QED) is 0.772. The average molecular weight is 399 g/mol. The molecule has 0 radical (unpaired) electrons. The predicted octanol–water partition coefficient (Wildman–Crippen LogP) is 2.24. The minimum Gasteiger partial charge on any atom is -0.350 e. The van der Waals surface area contributed by atoms with E-state index in [1.54, 1.807) is 4.90 Å². The van der Waals surface area contributed by atoms with Crippen molar-refractivity contribution in [2.24, 2.45) is 0 Å². The summed E-state index contributed by atoms with van der Waals surface area (Å²) < 4.78 is 0. The van der Waals surface area contributed by atoms with Gasteiger partial charge >= 0.3 is 0 Å². The minimum absolute atomic E-state index is 0.122. The van der Waals surface area contributed by atoms with Crippen molar-refractivity contribution < 1.29 is 14.5 Å². The van der Waals surface area contributed by atoms with Gasteiger partial charge in [0.15, 0.2) is 0 Å². The zero-order chi connectivity index (χ0) is 20.1. The second-order valence-corrected chi connectivity index (χ2v) is 9.27. The molecule has 1 aliphatic carbocycles. The number of amides is 2. The summed E-state index contributed by atoms with van der Waals surface area (Å²) in [5, 5.41) is 3.29. The van der Waals surface area contributed by atoms with Gasteiger partial charge in [-0.25, -0.2) is 0 Å². The van der Waals surface area contributed by atoms with Crippen molar-refractivity contribution in [1.82, 2.24) is 5.32 Å². The van der Waals surface area contributed by atoms with E-state index in [2.05, 4.69) is 5.32 Å². The monoisotopic (exact) mass is 398 g/mol. The van der Waals surface area contributed by atoms with Crippen molar-refractivity contribution in [2.45, 2.75) is 76.2 Å². The van der Waals surface area contributed by atoms with Gasteiger partial charge in [-0.15, -0.1) is 0 Å². The van der Waals surface area contributed by atoms with E-state index in [-0.39, 0.29) is 17.4 Å². The van der Waals surface area contributed by atoms with Gasteiger partial charge in [-0.05, 0) is 56.2 Å². The maximum absolute atomic E-state index is 12.7. The largest absolute Gasteiger partial charge is 0.350 e. The highest BCUT2D eigenvalue weighted by Crippen LogP contribution is 2.26. The summed E-state index contributed by atoms with van der Waals surface area (Å²) in [4.78, 5) is 28.2. The molecule has 5 nitrogen and oxygen atoms in total. The van der Waals surface area contributed by atoms with Gasteiger partial charge in [0.2, 0.25) is 11.8 Å². The third-order valence-corrected chi connectivity index (χ3v) is 7.33. The molecule has 0 aromatic heterocycles. The average Bonchev–Trinajstić information content (AvgIpc) is 3.20. The topological polar surface area (TPSA) is 53.9 Å². The number of hydrogen-bond donors (Lipinski definition) is 2. The SMILES string of the molecule is O=C(Cc1ccc(N2CCCC2=O)cc1)NCC1([NH+]2CCCCC2)CCCCC1. The predicted molar refractivity (Wildman–Crippen MR) is 115 cm³/mol. The lowest BCUT2D eigenvalue weighted by Crippen LogP contribution is -3.22. The number of likely N-dealkylation sites (tertiary alicyclic amines) is 1. The maximum atomic E-state index is 12.7. The summed E-state index contributed by atoms with van der Waals surface area (Å²) in [6, 6.07) is 7.94. The van der Waals surface area contributed by atoms with Gasteiger partial charge in [-0.2, -0.15) is 0 Å². The summed E-state index contributed by atoms with van der Waals surface area (Å²) in [5.41, 5.74) is 2.22. The number of piperidine rings is 1. The van der Waals surface area contributed by atoms with Crippen LogP contribution in [-0.4, -0.2) is 43.5 Å². The van der Waals surface area contributed by atoms with E-state index in [0.29, 0.717) is 12.8 Å². The summed E-state index contributed by atoms with van der Waals surface area (Å²) in [6.45, 7) is 4.17. The van der Waals surface area contributed by atoms with Crippen LogP contribution in [0.2, 0.25) is 0 Å². The zero-order valence-corrected chi connectivity index (χ0v) is 17.7. The number of quaternary nitrogens is 1. The number of carbonyl (C=O) groups excluding carboxylic acids is 2. The normalized spacial score (nSPS) is 22.6. The van der Waals surface area contributed by atoms with Crippen molar-refractivity contribution in [3.05, 3.63) is 29.8 Å². The molecule has 0 bridgehead atoms. The molecule has 1 aromatic rings. The molecule has 0 spiro atoms. The van der Waals surface area contributed by atoms with E-state index in [1.807, 2.05) is 29.2 Å². The lowest BCUT2D eigenvalue weighted by molar-refractivity contribution is -0.957. The first-order valence-corrected chi connectivity index (χ1v) is 11.7. The van der Waals surface area contributed by atoms with E-state index in [1.165, 1.54) is 64.5 Å². The summed E-state index contributed by atoms with van der Waals surface area (Å²) in [5.74, 6) is 0.324. The number of rotatable bonds is 6. The molecule has 1 saturated carbocycles. The van der Waals surface area contributed by atoms with E-state index in [9.17, 15) is 9.59 Å². The smallest absolute Gasteiger partial charge is 0.227 e. The molecule has 2 saturated heterocycles. The molecule has 3 aliphatic rings. The molecule has 2 N–H and O–H groups in total. The van der Waals surface area contributed by atoms with E-state index in [4.69, 9.17) is 0 Å². The molecule has 4 rings (SSSR count). The molecule has 29 heavy (non-hydrogen) atoms. The van der Waals surface area contributed by atoms with Gasteiger partial charge in [-0.3, -0.25) is 9.59 Å². The van der Waals surface area contributed by atoms with Crippen LogP contribution in [0.1, 0.15) is 69.8 Å². The zero-order valence-electron chi connectivity index (χ0n) is 17.7. The molecular formula is C24H36N3O2+. The van der Waals surface area contributed by atoms with Crippen molar-refractivity contribution in [3.8, 4) is 0 Å². The number of nitrogens with one attached hydrogen (secondary N) is 2. The highest BCUT2D eigenvalue weighted by atomic mass is 16.2. The summed E-state index contributed by atoms with van der Waals surface area (Å²) in [7, 11) is 0. The highest BCUT2D eigenvalue weighted by Gasteiger charge is 2.42. The van der Waals surface area contributed by atoms with Gasteiger partial charge in [0, 0.05) is 31.5 Å². The molecule has 158 valence electrons. The van der Waals surface area contributed by atoms with Crippen molar-refractivity contribution >= 4 is 17.5 Å². The fourth-order valence-electron chi connectivity index (χ4n) is 5.62. The van der Waals surface area contributed by atoms with Gasteiger partial charge in [0.1, 0.15) is 5.54 Å². The molecule has 3 fully saturated rings. The van der Waals surface area contributed by atoms with Gasteiger partial charge in [0.05, 0.1) is 26.1 Å². The molecule has 2 aliphatic heterocycles. The molecule has 0 unspecified atom stereocenters. The number of carbonyl (C=O) groups is 2. The van der Waals surface area contributed by atoms with Gasteiger partial charge < -0.3 is 15.1 Å². The highest BCUT2D eigenvalue weighted by molar-refractivity contribution is 5.95. The molecule has 5 heteroatoms. The van der Waals surface area contributed by atoms with Crippen molar-refractivity contribution in [2.75, 3.05) is 31.1 Å². The van der Waals surface area contributed by atoms with Crippen LogP contribution in [0, 0.1) is 0 Å². The van der Waals surface area contributed by atoms with Crippen LogP contribution in [0.15, 0.2) is 24.3 Å². The second kappa shape index (κ2) is 9.29. The first-order valence-electron chi connectivity index (χ1n) is 11.7. The maximum Gasteiger partial charge on any atom is 0.227 e. The Bertz CT molecular complexity index is 703. The van der Waals surface area contributed by atoms with Crippen LogP contribution in [-0.2, 0) is 16.0 Å². The lowest BCUT2D eigenvalue weighted by atomic mass is 9.79. The second-order valence-electron chi connectivity index (χ2n) is 9.27. The van der Waals surface area contributed by atoms with Crippen molar-refractivity contribution in [1.29, 1.82) is 0 Å². The third kappa shape index (κ3) is 4.82. The molecular weight excluding hydrogens is 362 g/mol. The Morgan fingerprint density at radius 1 is 0.966 bits per heavy atom. The molecule has 2 amide bonds. The lowest BCUT2D eigenvalue weighted by Gasteiger charge is -2.45. The Balaban J connectivity index is 1.33. The van der Waals surface area contributed by atoms with Gasteiger partial charge in [-0.1, -0.05) is 18.6 Å². The van der Waals surface area contributed by atoms with Crippen LogP contribution >= 0.6 is 0 Å². The van der Waals surface area contributed by atoms with E-state index in [0.717, 1.165) is 30.8 Å². The first kappa shape index (κ1) is 20.4.